The first kappa shape index (κ1) is 37.0. The maximum absolute atomic E-state index is 12.9. The fourth-order valence-electron chi connectivity index (χ4n) is 5.95. The first-order chi connectivity index (χ1) is 25.3. The molecule has 52 heavy (non-hydrogen) atoms. The molecule has 9 nitrogen and oxygen atoms in total. The van der Waals surface area contributed by atoms with E-state index in [1.165, 1.54) is 27.2 Å². The average Bonchev–Trinajstić information content (AvgIpc) is 3.16. The molecule has 0 spiro atoms. The van der Waals surface area contributed by atoms with Crippen LogP contribution >= 0.6 is 0 Å². The Hall–Kier alpha value is -6.22. The number of rotatable bonds is 14. The molecule has 6 aromatic rings. The lowest BCUT2D eigenvalue weighted by atomic mass is 10.1. The summed E-state index contributed by atoms with van der Waals surface area (Å²) in [6.45, 7) is 1.13. The normalized spacial score (nSPS) is 10.6. The smallest absolute Gasteiger partial charge is 0.323 e. The van der Waals surface area contributed by atoms with Crippen molar-refractivity contribution in [2.24, 2.45) is 0 Å². The van der Waals surface area contributed by atoms with Gasteiger partial charge in [-0.25, -0.2) is 9.97 Å². The predicted octanol–water partition coefficient (Wildman–Crippen LogP) is 6.84. The molecule has 0 unspecified atom stereocenters. The van der Waals surface area contributed by atoms with Gasteiger partial charge in [-0.1, -0.05) is 121 Å². The lowest BCUT2D eigenvalue weighted by molar-refractivity contribution is -0.137. The number of carboxylic acids is 1. The Bertz CT molecular complexity index is 2020. The van der Waals surface area contributed by atoms with Gasteiger partial charge in [0.05, 0.1) is 6.54 Å². The summed E-state index contributed by atoms with van der Waals surface area (Å²) >= 11 is 0. The van der Waals surface area contributed by atoms with Crippen molar-refractivity contribution in [3.8, 4) is 22.8 Å². The molecule has 0 aliphatic rings. The molecule has 4 aromatic carbocycles. The highest BCUT2D eigenvalue weighted by molar-refractivity contribution is 5.76. The summed E-state index contributed by atoms with van der Waals surface area (Å²) < 4.78 is 2.74. The molecule has 1 N–H and O–H groups in total. The molecule has 0 saturated heterocycles. The molecular weight excluding hydrogens is 652 g/mol. The number of hydrogen-bond acceptors (Lipinski definition) is 6. The number of hydrogen-bond donors (Lipinski definition) is 1. The van der Waals surface area contributed by atoms with Crippen LogP contribution in [0.2, 0.25) is 0 Å². The first-order valence-corrected chi connectivity index (χ1v) is 17.4. The topological polar surface area (TPSA) is 124 Å². The van der Waals surface area contributed by atoms with Crippen LogP contribution in [0.5, 0.6) is 0 Å². The molecule has 0 radical (unpaired) electrons. The van der Waals surface area contributed by atoms with E-state index in [1.54, 1.807) is 12.4 Å². The average molecular weight is 695 g/mol. The van der Waals surface area contributed by atoms with E-state index in [0.717, 1.165) is 36.8 Å². The van der Waals surface area contributed by atoms with Crippen LogP contribution in [0.4, 0.5) is 0 Å². The van der Waals surface area contributed by atoms with Crippen LogP contribution in [0.15, 0.2) is 143 Å². The van der Waals surface area contributed by atoms with Gasteiger partial charge >= 0.3 is 5.97 Å². The second-order valence-corrected chi connectivity index (χ2v) is 12.5. The molecule has 0 atom stereocenters. The van der Waals surface area contributed by atoms with E-state index in [9.17, 15) is 24.3 Å². The number of carbonyl (C=O) groups is 2. The van der Waals surface area contributed by atoms with Gasteiger partial charge in [0.15, 0.2) is 0 Å². The van der Waals surface area contributed by atoms with Gasteiger partial charge in [0.25, 0.3) is 11.1 Å². The Balaban J connectivity index is 0.000000201. The third kappa shape index (κ3) is 10.4. The number of aromatic nitrogens is 4. The van der Waals surface area contributed by atoms with Crippen molar-refractivity contribution in [2.45, 2.75) is 58.5 Å². The Morgan fingerprint density at radius 3 is 1.27 bits per heavy atom. The molecule has 0 aliphatic carbocycles. The Morgan fingerprint density at radius 2 is 0.904 bits per heavy atom. The summed E-state index contributed by atoms with van der Waals surface area (Å²) in [5, 5.41) is 9.19. The summed E-state index contributed by atoms with van der Waals surface area (Å²) in [6, 6.07) is 38.9. The fraction of sp³-hybridized carbons (Fsp3) is 0.209. The molecule has 0 saturated carbocycles. The minimum Gasteiger partial charge on any atom is -0.480 e. The fourth-order valence-corrected chi connectivity index (χ4v) is 5.95. The Labute approximate surface area is 302 Å². The molecule has 264 valence electrons. The second-order valence-electron chi connectivity index (χ2n) is 12.5. The third-order valence-corrected chi connectivity index (χ3v) is 8.48. The van der Waals surface area contributed by atoms with Crippen molar-refractivity contribution in [2.75, 3.05) is 0 Å². The summed E-state index contributed by atoms with van der Waals surface area (Å²) in [5.74, 6) is -0.206. The Kier molecular flexibility index (Phi) is 13.3. The van der Waals surface area contributed by atoms with Gasteiger partial charge in [-0.05, 0) is 56.6 Å². The van der Waals surface area contributed by atoms with Crippen LogP contribution < -0.4 is 11.1 Å². The van der Waals surface area contributed by atoms with Crippen molar-refractivity contribution >= 4 is 11.8 Å². The van der Waals surface area contributed by atoms with Crippen LogP contribution in [-0.4, -0.2) is 36.0 Å². The molecule has 0 amide bonds. The maximum Gasteiger partial charge on any atom is 0.323 e. The number of carboxylic acid groups (broad SMARTS) is 1. The summed E-state index contributed by atoms with van der Waals surface area (Å²) in [4.78, 5) is 57.5. The van der Waals surface area contributed by atoms with Crippen molar-refractivity contribution in [3.05, 3.63) is 177 Å². The number of ketones is 1. The lowest BCUT2D eigenvalue weighted by Gasteiger charge is -2.12. The summed E-state index contributed by atoms with van der Waals surface area (Å²) in [6.07, 6.45) is 7.89. The van der Waals surface area contributed by atoms with E-state index in [0.29, 0.717) is 35.6 Å². The zero-order valence-corrected chi connectivity index (χ0v) is 29.2. The summed E-state index contributed by atoms with van der Waals surface area (Å²) in [7, 11) is 0. The number of benzene rings is 4. The number of nitrogens with zero attached hydrogens (tertiary/aromatic N) is 4. The molecule has 2 heterocycles. The van der Waals surface area contributed by atoms with E-state index in [1.807, 2.05) is 97.1 Å². The van der Waals surface area contributed by atoms with Gasteiger partial charge < -0.3 is 5.11 Å². The van der Waals surface area contributed by atoms with Gasteiger partial charge in [0.2, 0.25) is 0 Å². The lowest BCUT2D eigenvalue weighted by Crippen LogP contribution is -2.29. The molecule has 9 heteroatoms. The number of carbonyl (C=O) groups excluding carboxylic acids is 1. The third-order valence-electron chi connectivity index (χ3n) is 8.48. The van der Waals surface area contributed by atoms with Crippen LogP contribution in [0.3, 0.4) is 0 Å². The van der Waals surface area contributed by atoms with Crippen molar-refractivity contribution in [3.63, 3.8) is 0 Å². The second kappa shape index (κ2) is 18.7. The predicted molar refractivity (Wildman–Crippen MR) is 203 cm³/mol. The van der Waals surface area contributed by atoms with Crippen LogP contribution in [0.25, 0.3) is 22.8 Å². The van der Waals surface area contributed by atoms with Gasteiger partial charge in [-0.2, -0.15) is 0 Å². The van der Waals surface area contributed by atoms with Crippen LogP contribution in [0, 0.1) is 0 Å². The highest BCUT2D eigenvalue weighted by atomic mass is 16.4. The highest BCUT2D eigenvalue weighted by Gasteiger charge is 2.15. The van der Waals surface area contributed by atoms with E-state index in [2.05, 4.69) is 34.2 Å². The zero-order valence-electron chi connectivity index (χ0n) is 29.2. The summed E-state index contributed by atoms with van der Waals surface area (Å²) in [5.41, 5.74) is 4.82. The van der Waals surface area contributed by atoms with Crippen molar-refractivity contribution in [1.82, 2.24) is 19.1 Å². The van der Waals surface area contributed by atoms with Crippen molar-refractivity contribution < 1.29 is 14.7 Å². The minimum absolute atomic E-state index is 0.0442. The molecule has 0 bridgehead atoms. The molecule has 0 fully saturated rings. The zero-order chi connectivity index (χ0) is 36.7. The van der Waals surface area contributed by atoms with Gasteiger partial charge in [0.1, 0.15) is 24.0 Å². The van der Waals surface area contributed by atoms with Crippen LogP contribution in [0.1, 0.15) is 42.0 Å². The highest BCUT2D eigenvalue weighted by Crippen LogP contribution is 2.17. The van der Waals surface area contributed by atoms with E-state index in [4.69, 9.17) is 0 Å². The quantitative estimate of drug-likeness (QED) is 0.132. The largest absolute Gasteiger partial charge is 0.480 e. The molecule has 0 aliphatic heterocycles. The number of Topliss-reactive ketones (excluding diaryl/α,β-unsaturated/α-hetero) is 1. The molecule has 6 rings (SSSR count). The van der Waals surface area contributed by atoms with Gasteiger partial charge in [-0.3, -0.25) is 28.3 Å². The van der Waals surface area contributed by atoms with Gasteiger partial charge in [0, 0.05) is 34.6 Å². The maximum atomic E-state index is 12.9. The van der Waals surface area contributed by atoms with Gasteiger partial charge in [-0.15, -0.1) is 0 Å². The SMILES string of the molecule is CC(=O)Cn1c(-c2ccccc2)ncc(CCCc2ccccc2)c1=O.O=C(O)Cn1c(-c2ccccc2)ncc(CCCc2ccccc2)c1=O. The van der Waals surface area contributed by atoms with E-state index < -0.39 is 12.5 Å². The monoisotopic (exact) mass is 694 g/mol. The Morgan fingerprint density at radius 1 is 0.538 bits per heavy atom. The molecular formula is C43H42N4O5. The molecule has 2 aromatic heterocycles. The van der Waals surface area contributed by atoms with Crippen LogP contribution in [-0.2, 0) is 48.4 Å². The minimum atomic E-state index is -1.06. The number of aliphatic carboxylic acids is 1. The van der Waals surface area contributed by atoms with Crippen molar-refractivity contribution in [1.29, 1.82) is 0 Å². The standard InChI is InChI=1S/C22H22N2O2.C21H20N2O3/c1-17(25)16-24-21(19-12-6-3-7-13-19)23-15-20(22(24)26)14-8-11-18-9-4-2-5-10-18;24-19(25)15-23-20(17-11-5-2-6-12-17)22-14-18(21(23)26)13-7-10-16-8-3-1-4-9-16/h2-7,9-10,12-13,15H,8,11,14,16H2,1H3;1-6,8-9,11-12,14H,7,10,13,15H2,(H,24,25). The number of aryl methyl sites for hydroxylation is 4. The first-order valence-electron chi connectivity index (χ1n) is 17.4. The van der Waals surface area contributed by atoms with E-state index >= 15 is 0 Å². The van der Waals surface area contributed by atoms with E-state index in [-0.39, 0.29) is 23.4 Å².